The van der Waals surface area contributed by atoms with Crippen LogP contribution in [0.15, 0.2) is 79.1 Å². The summed E-state index contributed by atoms with van der Waals surface area (Å²) < 4.78 is 5.08. The maximum atomic E-state index is 13.2. The number of anilines is 1. The van der Waals surface area contributed by atoms with Gasteiger partial charge in [-0.25, -0.2) is 9.36 Å². The van der Waals surface area contributed by atoms with Gasteiger partial charge in [0.1, 0.15) is 5.56 Å². The number of rotatable bonds is 6. The minimum atomic E-state index is -0.366. The first-order chi connectivity index (χ1) is 16.1. The van der Waals surface area contributed by atoms with Crippen LogP contribution in [0.1, 0.15) is 16.1 Å². The first-order valence-corrected chi connectivity index (χ1v) is 10.3. The molecule has 0 aliphatic carbocycles. The van der Waals surface area contributed by atoms with Gasteiger partial charge in [0.25, 0.3) is 5.91 Å². The third-order valence-corrected chi connectivity index (χ3v) is 5.14. The van der Waals surface area contributed by atoms with Crippen molar-refractivity contribution < 1.29 is 4.79 Å². The fourth-order valence-electron chi connectivity index (χ4n) is 3.70. The largest absolute Gasteiger partial charge is 0.275 e. The zero-order chi connectivity index (χ0) is 22.8. The molecular formula is C23H21N9O. The third kappa shape index (κ3) is 3.74. The van der Waals surface area contributed by atoms with Crippen molar-refractivity contribution in [2.45, 2.75) is 6.92 Å². The molecule has 33 heavy (non-hydrogen) atoms. The Balaban J connectivity index is 1.48. The molecule has 0 radical (unpaired) electrons. The number of hydrogen-bond donors (Lipinski definition) is 2. The zero-order valence-corrected chi connectivity index (χ0v) is 18.0. The summed E-state index contributed by atoms with van der Waals surface area (Å²) in [6, 6.07) is 21.2. The number of benzene rings is 2. The van der Waals surface area contributed by atoms with Crippen LogP contribution in [-0.4, -0.2) is 40.2 Å². The molecule has 0 fully saturated rings. The molecular weight excluding hydrogens is 418 g/mol. The van der Waals surface area contributed by atoms with Gasteiger partial charge in [-0.3, -0.25) is 20.2 Å². The fourth-order valence-corrected chi connectivity index (χ4v) is 3.70. The normalized spacial score (nSPS) is 10.8. The number of carbonyl (C=O) groups is 1. The van der Waals surface area contributed by atoms with Crippen LogP contribution in [-0.2, 0) is 7.05 Å². The summed E-state index contributed by atoms with van der Waals surface area (Å²) in [5, 5.41) is 17.3. The Bertz CT molecular complexity index is 1390. The highest BCUT2D eigenvalue weighted by Crippen LogP contribution is 2.25. The molecule has 164 valence electrons. The van der Waals surface area contributed by atoms with Crippen molar-refractivity contribution >= 4 is 11.9 Å². The van der Waals surface area contributed by atoms with E-state index < -0.39 is 0 Å². The SMILES string of the molecule is Cc1nn(C)c(-n2cccn2)c1C(=O)NNc1nnc(-c2ccccc2)n1-c1ccccc1. The predicted octanol–water partition coefficient (Wildman–Crippen LogP) is 2.92. The summed E-state index contributed by atoms with van der Waals surface area (Å²) in [5.41, 5.74) is 8.41. The first-order valence-electron chi connectivity index (χ1n) is 10.3. The van der Waals surface area contributed by atoms with Gasteiger partial charge < -0.3 is 0 Å². The van der Waals surface area contributed by atoms with Crippen molar-refractivity contribution in [2.24, 2.45) is 7.05 Å². The lowest BCUT2D eigenvalue weighted by Crippen LogP contribution is -2.32. The Morgan fingerprint density at radius 2 is 1.67 bits per heavy atom. The monoisotopic (exact) mass is 439 g/mol. The van der Waals surface area contributed by atoms with E-state index in [1.165, 1.54) is 0 Å². The van der Waals surface area contributed by atoms with Gasteiger partial charge in [0.2, 0.25) is 5.95 Å². The lowest BCUT2D eigenvalue weighted by molar-refractivity contribution is 0.0961. The molecule has 5 aromatic rings. The Morgan fingerprint density at radius 3 is 2.36 bits per heavy atom. The maximum Gasteiger partial charge on any atom is 0.275 e. The quantitative estimate of drug-likeness (QED) is 0.394. The molecule has 3 aromatic heterocycles. The number of nitrogens with one attached hydrogen (secondary N) is 2. The van der Waals surface area contributed by atoms with Crippen molar-refractivity contribution in [1.82, 2.24) is 39.8 Å². The van der Waals surface area contributed by atoms with Gasteiger partial charge in [0.15, 0.2) is 11.6 Å². The van der Waals surface area contributed by atoms with Crippen LogP contribution in [0.2, 0.25) is 0 Å². The standard InChI is InChI=1S/C23H21N9O/c1-16-19(22(30(2)29-16)31-15-9-14-24-31)21(33)26-28-23-27-25-20(17-10-5-3-6-11-17)32(23)18-12-7-4-8-13-18/h3-15H,1-2H3,(H,26,33)(H,27,28). The van der Waals surface area contributed by atoms with Gasteiger partial charge >= 0.3 is 0 Å². The van der Waals surface area contributed by atoms with E-state index in [0.29, 0.717) is 28.8 Å². The van der Waals surface area contributed by atoms with E-state index in [1.54, 1.807) is 41.8 Å². The molecule has 3 heterocycles. The summed E-state index contributed by atoms with van der Waals surface area (Å²) in [4.78, 5) is 13.2. The molecule has 10 nitrogen and oxygen atoms in total. The van der Waals surface area contributed by atoms with E-state index in [2.05, 4.69) is 31.2 Å². The van der Waals surface area contributed by atoms with Crippen molar-refractivity contribution in [3.05, 3.63) is 90.4 Å². The molecule has 2 aromatic carbocycles. The van der Waals surface area contributed by atoms with Gasteiger partial charge in [0, 0.05) is 25.0 Å². The van der Waals surface area contributed by atoms with Gasteiger partial charge in [-0.2, -0.15) is 10.2 Å². The van der Waals surface area contributed by atoms with Crippen LogP contribution < -0.4 is 10.9 Å². The van der Waals surface area contributed by atoms with Gasteiger partial charge in [-0.1, -0.05) is 48.5 Å². The molecule has 0 bridgehead atoms. The summed E-state index contributed by atoms with van der Waals surface area (Å²) in [6.45, 7) is 1.78. The Hall–Kier alpha value is -4.73. The Kier molecular flexibility index (Phi) is 5.15. The van der Waals surface area contributed by atoms with E-state index >= 15 is 0 Å². The molecule has 0 aliphatic heterocycles. The number of hydrogen-bond acceptors (Lipinski definition) is 6. The predicted molar refractivity (Wildman–Crippen MR) is 123 cm³/mol. The van der Waals surface area contributed by atoms with E-state index in [1.807, 2.05) is 65.2 Å². The second kappa shape index (κ2) is 8.42. The maximum absolute atomic E-state index is 13.2. The molecule has 0 aliphatic rings. The third-order valence-electron chi connectivity index (χ3n) is 5.14. The van der Waals surface area contributed by atoms with Crippen LogP contribution in [0.3, 0.4) is 0 Å². The minimum Gasteiger partial charge on any atom is -0.267 e. The Morgan fingerprint density at radius 1 is 0.939 bits per heavy atom. The molecule has 0 spiro atoms. The molecule has 0 unspecified atom stereocenters. The van der Waals surface area contributed by atoms with E-state index in [9.17, 15) is 4.79 Å². The highest BCUT2D eigenvalue weighted by molar-refractivity contribution is 5.98. The lowest BCUT2D eigenvalue weighted by atomic mass is 10.2. The van der Waals surface area contributed by atoms with Crippen molar-refractivity contribution in [2.75, 3.05) is 5.43 Å². The van der Waals surface area contributed by atoms with Crippen LogP contribution in [0.4, 0.5) is 5.95 Å². The zero-order valence-electron chi connectivity index (χ0n) is 18.0. The molecule has 0 saturated carbocycles. The number of para-hydroxylation sites is 1. The molecule has 10 heteroatoms. The van der Waals surface area contributed by atoms with Gasteiger partial charge in [-0.05, 0) is 25.1 Å². The summed E-state index contributed by atoms with van der Waals surface area (Å²) >= 11 is 0. The second-order valence-corrected chi connectivity index (χ2v) is 7.32. The average Bonchev–Trinajstić information content (AvgIpc) is 3.57. The number of aryl methyl sites for hydroxylation is 2. The number of amides is 1. The first kappa shape index (κ1) is 20.2. The smallest absolute Gasteiger partial charge is 0.267 e. The van der Waals surface area contributed by atoms with E-state index in [-0.39, 0.29) is 5.91 Å². The summed E-state index contributed by atoms with van der Waals surface area (Å²) in [5.74, 6) is 1.21. The van der Waals surface area contributed by atoms with Crippen LogP contribution in [0.5, 0.6) is 0 Å². The number of aromatic nitrogens is 7. The molecule has 1 amide bonds. The molecule has 0 atom stereocenters. The van der Waals surface area contributed by atoms with Crippen LogP contribution >= 0.6 is 0 Å². The highest BCUT2D eigenvalue weighted by atomic mass is 16.2. The van der Waals surface area contributed by atoms with E-state index in [0.717, 1.165) is 11.3 Å². The molecule has 0 saturated heterocycles. The van der Waals surface area contributed by atoms with Gasteiger partial charge in [0.05, 0.1) is 11.4 Å². The van der Waals surface area contributed by atoms with Crippen molar-refractivity contribution in [3.63, 3.8) is 0 Å². The topological polar surface area (TPSA) is 107 Å². The van der Waals surface area contributed by atoms with Crippen molar-refractivity contribution in [1.29, 1.82) is 0 Å². The van der Waals surface area contributed by atoms with Crippen LogP contribution in [0, 0.1) is 6.92 Å². The second-order valence-electron chi connectivity index (χ2n) is 7.32. The summed E-state index contributed by atoms with van der Waals surface area (Å²) in [7, 11) is 1.77. The fraction of sp³-hybridized carbons (Fsp3) is 0.0870. The van der Waals surface area contributed by atoms with E-state index in [4.69, 9.17) is 0 Å². The Labute approximate surface area is 189 Å². The highest BCUT2D eigenvalue weighted by Gasteiger charge is 2.23. The van der Waals surface area contributed by atoms with Crippen molar-refractivity contribution in [3.8, 4) is 22.9 Å². The number of nitrogens with zero attached hydrogens (tertiary/aromatic N) is 7. The number of carbonyl (C=O) groups excluding carboxylic acids is 1. The summed E-state index contributed by atoms with van der Waals surface area (Å²) in [6.07, 6.45) is 3.41. The van der Waals surface area contributed by atoms with Gasteiger partial charge in [-0.15, -0.1) is 10.2 Å². The average molecular weight is 439 g/mol. The molecule has 2 N–H and O–H groups in total. The minimum absolute atomic E-state index is 0.366. The van der Waals surface area contributed by atoms with Crippen LogP contribution in [0.25, 0.3) is 22.9 Å². The molecule has 5 rings (SSSR count). The lowest BCUT2D eigenvalue weighted by Gasteiger charge is -2.13. The number of hydrazine groups is 1.